The van der Waals surface area contributed by atoms with Gasteiger partial charge in [0.2, 0.25) is 0 Å². The highest BCUT2D eigenvalue weighted by Crippen LogP contribution is 2.35. The zero-order valence-corrected chi connectivity index (χ0v) is 13.3. The van der Waals surface area contributed by atoms with E-state index in [2.05, 4.69) is 18.3 Å². The molecule has 1 aliphatic carbocycles. The van der Waals surface area contributed by atoms with E-state index < -0.39 is 0 Å². The van der Waals surface area contributed by atoms with Gasteiger partial charge in [0.05, 0.1) is 13.2 Å². The van der Waals surface area contributed by atoms with Crippen molar-refractivity contribution in [1.82, 2.24) is 0 Å². The molecule has 112 valence electrons. The average Bonchev–Trinajstić information content (AvgIpc) is 2.91. The number of hydrogen-bond acceptors (Lipinski definition) is 4. The molecule has 0 bridgehead atoms. The van der Waals surface area contributed by atoms with Crippen LogP contribution in [0.5, 0.6) is 11.5 Å². The maximum absolute atomic E-state index is 9.85. The number of nitrogens with one attached hydrogen (secondary N) is 1. The topological polar surface area (TPSA) is 41.5 Å². The normalized spacial score (nSPS) is 15.3. The van der Waals surface area contributed by atoms with Crippen LogP contribution in [-0.2, 0) is 12.8 Å². The zero-order chi connectivity index (χ0) is 14.8. The Morgan fingerprint density at radius 2 is 2.05 bits per heavy atom. The molecule has 0 aliphatic heterocycles. The number of phenolic OH excluding ortho intramolecular Hbond substituents is 1. The summed E-state index contributed by atoms with van der Waals surface area (Å²) in [6.45, 7) is 2.17. The van der Waals surface area contributed by atoms with Crippen molar-refractivity contribution in [2.24, 2.45) is 0 Å². The lowest BCUT2D eigenvalue weighted by Gasteiger charge is -2.14. The van der Waals surface area contributed by atoms with Crippen LogP contribution in [0.4, 0.5) is 5.69 Å². The molecule has 3 rings (SSSR count). The molecule has 1 unspecified atom stereocenters. The Kier molecular flexibility index (Phi) is 4.06. The molecule has 1 aromatic heterocycles. The largest absolute Gasteiger partial charge is 0.504 e. The van der Waals surface area contributed by atoms with Gasteiger partial charge in [0, 0.05) is 21.5 Å². The zero-order valence-electron chi connectivity index (χ0n) is 12.5. The SMILES string of the molecule is COc1ccc(NC(C)c2cc3c(s2)CCCC3)cc1O. The number of ether oxygens (including phenoxy) is 1. The molecule has 2 N–H and O–H groups in total. The third kappa shape index (κ3) is 3.00. The summed E-state index contributed by atoms with van der Waals surface area (Å²) in [6.07, 6.45) is 5.09. The minimum absolute atomic E-state index is 0.167. The lowest BCUT2D eigenvalue weighted by Crippen LogP contribution is -2.04. The molecular weight excluding hydrogens is 282 g/mol. The molecule has 0 saturated heterocycles. The van der Waals surface area contributed by atoms with Crippen LogP contribution in [0.1, 0.15) is 41.1 Å². The summed E-state index contributed by atoms with van der Waals surface area (Å²) < 4.78 is 5.07. The monoisotopic (exact) mass is 303 g/mol. The van der Waals surface area contributed by atoms with Crippen LogP contribution in [0.15, 0.2) is 24.3 Å². The Balaban J connectivity index is 1.75. The van der Waals surface area contributed by atoms with Gasteiger partial charge in [-0.05, 0) is 56.4 Å². The van der Waals surface area contributed by atoms with Gasteiger partial charge < -0.3 is 15.2 Å². The highest BCUT2D eigenvalue weighted by atomic mass is 32.1. The summed E-state index contributed by atoms with van der Waals surface area (Å²) in [6, 6.07) is 8.02. The maximum atomic E-state index is 9.85. The van der Waals surface area contributed by atoms with E-state index in [0.29, 0.717) is 5.75 Å². The van der Waals surface area contributed by atoms with Crippen LogP contribution in [0.2, 0.25) is 0 Å². The summed E-state index contributed by atoms with van der Waals surface area (Å²) in [5.74, 6) is 0.667. The lowest BCUT2D eigenvalue weighted by atomic mass is 9.99. The van der Waals surface area contributed by atoms with Crippen molar-refractivity contribution in [2.45, 2.75) is 38.6 Å². The summed E-state index contributed by atoms with van der Waals surface area (Å²) in [4.78, 5) is 2.93. The fourth-order valence-electron chi connectivity index (χ4n) is 2.83. The minimum Gasteiger partial charge on any atom is -0.504 e. The molecule has 0 radical (unpaired) electrons. The second-order valence-corrected chi connectivity index (χ2v) is 6.73. The third-order valence-electron chi connectivity index (χ3n) is 4.00. The Hall–Kier alpha value is -1.68. The van der Waals surface area contributed by atoms with Gasteiger partial charge in [0.15, 0.2) is 11.5 Å². The average molecular weight is 303 g/mol. The van der Waals surface area contributed by atoms with E-state index in [1.165, 1.54) is 36.1 Å². The van der Waals surface area contributed by atoms with Crippen molar-refractivity contribution in [2.75, 3.05) is 12.4 Å². The predicted octanol–water partition coefficient (Wildman–Crippen LogP) is 4.51. The maximum Gasteiger partial charge on any atom is 0.160 e. The van der Waals surface area contributed by atoms with E-state index in [9.17, 15) is 5.11 Å². The Bertz CT molecular complexity index is 612. The fraction of sp³-hybridized carbons (Fsp3) is 0.412. The first-order valence-corrected chi connectivity index (χ1v) is 8.24. The highest BCUT2D eigenvalue weighted by molar-refractivity contribution is 7.12. The van der Waals surface area contributed by atoms with Crippen molar-refractivity contribution in [3.05, 3.63) is 39.6 Å². The number of phenols is 1. The van der Waals surface area contributed by atoms with Crippen LogP contribution >= 0.6 is 11.3 Å². The molecule has 0 saturated carbocycles. The summed E-state index contributed by atoms with van der Waals surface area (Å²) in [5.41, 5.74) is 2.44. The van der Waals surface area contributed by atoms with Gasteiger partial charge in [-0.15, -0.1) is 11.3 Å². The number of thiophene rings is 1. The Labute approximate surface area is 129 Å². The van der Waals surface area contributed by atoms with Crippen LogP contribution in [0.3, 0.4) is 0 Å². The quantitative estimate of drug-likeness (QED) is 0.873. The highest BCUT2D eigenvalue weighted by Gasteiger charge is 2.16. The van der Waals surface area contributed by atoms with Crippen molar-refractivity contribution in [3.8, 4) is 11.5 Å². The number of aromatic hydroxyl groups is 1. The second-order valence-electron chi connectivity index (χ2n) is 5.56. The van der Waals surface area contributed by atoms with Crippen molar-refractivity contribution in [3.63, 3.8) is 0 Å². The van der Waals surface area contributed by atoms with Gasteiger partial charge in [0.1, 0.15) is 0 Å². The van der Waals surface area contributed by atoms with E-state index in [1.54, 1.807) is 24.1 Å². The van der Waals surface area contributed by atoms with Crippen LogP contribution in [-0.4, -0.2) is 12.2 Å². The smallest absolute Gasteiger partial charge is 0.160 e. The van der Waals surface area contributed by atoms with Gasteiger partial charge in [-0.1, -0.05) is 0 Å². The second kappa shape index (κ2) is 5.98. The number of benzene rings is 1. The Morgan fingerprint density at radius 1 is 1.24 bits per heavy atom. The van der Waals surface area contributed by atoms with E-state index in [0.717, 1.165) is 5.69 Å². The molecule has 3 nitrogen and oxygen atoms in total. The summed E-state index contributed by atoms with van der Waals surface area (Å²) in [5, 5.41) is 13.3. The number of hydrogen-bond donors (Lipinski definition) is 2. The van der Waals surface area contributed by atoms with Gasteiger partial charge >= 0.3 is 0 Å². The number of aryl methyl sites for hydroxylation is 2. The van der Waals surface area contributed by atoms with Crippen molar-refractivity contribution in [1.29, 1.82) is 0 Å². The molecule has 1 aromatic carbocycles. The molecule has 0 spiro atoms. The lowest BCUT2D eigenvalue weighted by molar-refractivity contribution is 0.373. The molecule has 1 heterocycles. The first kappa shape index (κ1) is 14.3. The molecular formula is C17H21NO2S. The van der Waals surface area contributed by atoms with Crippen LogP contribution in [0.25, 0.3) is 0 Å². The molecule has 0 fully saturated rings. The van der Waals surface area contributed by atoms with E-state index in [1.807, 2.05) is 17.4 Å². The van der Waals surface area contributed by atoms with E-state index in [-0.39, 0.29) is 11.8 Å². The molecule has 2 aromatic rings. The molecule has 0 amide bonds. The Morgan fingerprint density at radius 3 is 2.76 bits per heavy atom. The van der Waals surface area contributed by atoms with E-state index >= 15 is 0 Å². The fourth-order valence-corrected chi connectivity index (χ4v) is 4.09. The minimum atomic E-state index is 0.167. The number of rotatable bonds is 4. The summed E-state index contributed by atoms with van der Waals surface area (Å²) in [7, 11) is 1.56. The van der Waals surface area contributed by atoms with Gasteiger partial charge in [-0.2, -0.15) is 0 Å². The molecule has 4 heteroatoms. The standard InChI is InChI=1S/C17H21NO2S/c1-11(17-9-12-5-3-4-6-16(12)21-17)18-13-7-8-15(20-2)14(19)10-13/h7-11,18-19H,3-6H2,1-2H3. The third-order valence-corrected chi connectivity index (χ3v) is 5.42. The van der Waals surface area contributed by atoms with Crippen LogP contribution < -0.4 is 10.1 Å². The van der Waals surface area contributed by atoms with Gasteiger partial charge in [0.25, 0.3) is 0 Å². The molecule has 1 aliphatic rings. The first-order valence-electron chi connectivity index (χ1n) is 7.42. The van der Waals surface area contributed by atoms with E-state index in [4.69, 9.17) is 4.74 Å². The predicted molar refractivity (Wildman–Crippen MR) is 87.7 cm³/mol. The van der Waals surface area contributed by atoms with Gasteiger partial charge in [-0.25, -0.2) is 0 Å². The summed E-state index contributed by atoms with van der Waals surface area (Å²) >= 11 is 1.92. The van der Waals surface area contributed by atoms with Crippen molar-refractivity contribution >= 4 is 17.0 Å². The number of fused-ring (bicyclic) bond motifs is 1. The molecule has 1 atom stereocenters. The molecule has 21 heavy (non-hydrogen) atoms. The van der Waals surface area contributed by atoms with Crippen molar-refractivity contribution < 1.29 is 9.84 Å². The van der Waals surface area contributed by atoms with Gasteiger partial charge in [-0.3, -0.25) is 0 Å². The number of anilines is 1. The number of methoxy groups -OCH3 is 1. The first-order chi connectivity index (χ1) is 10.2. The van der Waals surface area contributed by atoms with Crippen LogP contribution in [0, 0.1) is 0 Å².